The van der Waals surface area contributed by atoms with Crippen molar-refractivity contribution in [1.29, 1.82) is 0 Å². The summed E-state index contributed by atoms with van der Waals surface area (Å²) in [7, 11) is 0. The monoisotopic (exact) mass is 414 g/mol. The summed E-state index contributed by atoms with van der Waals surface area (Å²) >= 11 is 0. The van der Waals surface area contributed by atoms with Crippen LogP contribution in [0.25, 0.3) is 16.8 Å². The highest BCUT2D eigenvalue weighted by Gasteiger charge is 2.47. The van der Waals surface area contributed by atoms with Gasteiger partial charge >= 0.3 is 5.97 Å². The molecule has 30 heavy (non-hydrogen) atoms. The summed E-state index contributed by atoms with van der Waals surface area (Å²) in [5.74, 6) is -2.43. The molecule has 8 nitrogen and oxygen atoms in total. The van der Waals surface area contributed by atoms with E-state index >= 15 is 0 Å². The van der Waals surface area contributed by atoms with Gasteiger partial charge in [-0.3, -0.25) is 9.78 Å². The lowest BCUT2D eigenvalue weighted by Gasteiger charge is -2.47. The van der Waals surface area contributed by atoms with E-state index in [0.29, 0.717) is 11.1 Å². The first kappa shape index (κ1) is 18.7. The maximum atomic E-state index is 14.8. The minimum absolute atomic E-state index is 0.00566. The number of carboxylic acids is 1. The summed E-state index contributed by atoms with van der Waals surface area (Å²) in [5.41, 5.74) is 7.00. The van der Waals surface area contributed by atoms with E-state index in [2.05, 4.69) is 20.4 Å². The van der Waals surface area contributed by atoms with Crippen LogP contribution in [0.2, 0.25) is 0 Å². The maximum Gasteiger partial charge on any atom is 0.308 e. The lowest BCUT2D eigenvalue weighted by atomic mass is 9.61. The van der Waals surface area contributed by atoms with Crippen molar-refractivity contribution in [2.75, 3.05) is 11.1 Å². The third-order valence-corrected chi connectivity index (χ3v) is 6.43. The van der Waals surface area contributed by atoms with Crippen LogP contribution >= 0.6 is 0 Å². The lowest BCUT2D eigenvalue weighted by molar-refractivity contribution is -0.148. The Balaban J connectivity index is 1.61. The largest absolute Gasteiger partial charge is 0.481 e. The fraction of sp³-hybridized carbons (Fsp3) is 0.400. The Morgan fingerprint density at radius 1 is 1.17 bits per heavy atom. The fourth-order valence-corrected chi connectivity index (χ4v) is 5.11. The number of nitrogens with zero attached hydrogens (tertiary/aromatic N) is 4. The molecule has 3 saturated carbocycles. The summed E-state index contributed by atoms with van der Waals surface area (Å²) in [6.07, 6.45) is 7.09. The van der Waals surface area contributed by atoms with Crippen LogP contribution in [0.4, 0.5) is 20.4 Å². The average Bonchev–Trinajstić information content (AvgIpc) is 3.06. The molecular formula is C20H20F2N6O2. The predicted molar refractivity (Wildman–Crippen MR) is 105 cm³/mol. The summed E-state index contributed by atoms with van der Waals surface area (Å²) in [4.78, 5) is 19.9. The summed E-state index contributed by atoms with van der Waals surface area (Å²) in [6.45, 7) is 0. The Bertz CT molecular complexity index is 1140. The highest BCUT2D eigenvalue weighted by Crippen LogP contribution is 2.46. The number of nitrogens with two attached hydrogens (primary N) is 1. The van der Waals surface area contributed by atoms with Gasteiger partial charge < -0.3 is 16.2 Å². The number of hydrogen-bond acceptors (Lipinski definition) is 6. The van der Waals surface area contributed by atoms with Crippen molar-refractivity contribution >= 4 is 23.3 Å². The molecule has 6 rings (SSSR count). The second kappa shape index (κ2) is 6.89. The topological polar surface area (TPSA) is 118 Å². The first-order valence-electron chi connectivity index (χ1n) is 9.87. The van der Waals surface area contributed by atoms with Crippen LogP contribution in [0.3, 0.4) is 0 Å². The second-order valence-corrected chi connectivity index (χ2v) is 8.05. The second-order valence-electron chi connectivity index (χ2n) is 8.05. The van der Waals surface area contributed by atoms with Crippen LogP contribution in [0.5, 0.6) is 0 Å². The molecule has 3 aromatic heterocycles. The molecule has 2 bridgehead atoms. The third-order valence-electron chi connectivity index (χ3n) is 6.43. The number of aromatic nitrogens is 4. The van der Waals surface area contributed by atoms with Gasteiger partial charge in [-0.05, 0) is 43.6 Å². The van der Waals surface area contributed by atoms with Gasteiger partial charge in [0.05, 0.1) is 23.9 Å². The third kappa shape index (κ3) is 2.86. The molecule has 0 radical (unpaired) electrons. The number of pyridine rings is 1. The van der Waals surface area contributed by atoms with Crippen LogP contribution in [0, 0.1) is 29.4 Å². The van der Waals surface area contributed by atoms with Gasteiger partial charge in [0, 0.05) is 17.8 Å². The number of rotatable bonds is 4. The molecular weight excluding hydrogens is 394 g/mol. The SMILES string of the molecule is Nc1nn2c(NC3C4CCC(CC4)[C@@H]3C(=O)O)c(F)cnc2c1-c1cncc(F)c1. The molecule has 3 aliphatic carbocycles. The van der Waals surface area contributed by atoms with Crippen LogP contribution in [-0.2, 0) is 4.79 Å². The first-order chi connectivity index (χ1) is 14.4. The Labute approximate surface area is 170 Å². The van der Waals surface area contributed by atoms with Crippen molar-refractivity contribution in [2.45, 2.75) is 31.7 Å². The Morgan fingerprint density at radius 3 is 2.60 bits per heavy atom. The van der Waals surface area contributed by atoms with Crippen molar-refractivity contribution in [3.63, 3.8) is 0 Å². The first-order valence-corrected chi connectivity index (χ1v) is 9.87. The average molecular weight is 414 g/mol. The molecule has 1 unspecified atom stereocenters. The molecule has 0 aliphatic heterocycles. The van der Waals surface area contributed by atoms with E-state index in [9.17, 15) is 18.7 Å². The van der Waals surface area contributed by atoms with Crippen LogP contribution in [-0.4, -0.2) is 36.7 Å². The van der Waals surface area contributed by atoms with Crippen molar-refractivity contribution in [3.05, 3.63) is 36.3 Å². The lowest BCUT2D eigenvalue weighted by Crippen LogP contribution is -2.51. The molecule has 2 atom stereocenters. The van der Waals surface area contributed by atoms with Crippen LogP contribution in [0.1, 0.15) is 25.7 Å². The molecule has 3 fully saturated rings. The van der Waals surface area contributed by atoms with Crippen molar-refractivity contribution in [2.24, 2.45) is 17.8 Å². The highest BCUT2D eigenvalue weighted by atomic mass is 19.1. The number of carbonyl (C=O) groups is 1. The summed E-state index contributed by atoms with van der Waals surface area (Å²) < 4.78 is 29.7. The van der Waals surface area contributed by atoms with Gasteiger partial charge in [0.25, 0.3) is 0 Å². The Hall–Kier alpha value is -3.30. The van der Waals surface area contributed by atoms with Crippen molar-refractivity contribution in [1.82, 2.24) is 19.6 Å². The number of halogens is 2. The Kier molecular flexibility index (Phi) is 4.30. The maximum absolute atomic E-state index is 14.8. The van der Waals surface area contributed by atoms with Gasteiger partial charge in [0.2, 0.25) is 0 Å². The van der Waals surface area contributed by atoms with E-state index in [1.54, 1.807) is 0 Å². The number of anilines is 2. The van der Waals surface area contributed by atoms with E-state index in [0.717, 1.165) is 38.1 Å². The molecule has 3 aliphatic rings. The molecule has 3 aromatic rings. The standard InChI is InChI=1S/C20H20F2N6O2/c21-12-5-11(6-24-7-12)15-17(23)27-28-18(13(22)8-25-19(15)28)26-16-10-3-1-9(2-4-10)14(16)20(29)30/h5-10,14,16,26H,1-4H2,(H2,23,27)(H,29,30)/t9?,10?,14-,16?/m0/s1. The van der Waals surface area contributed by atoms with Crippen LogP contribution in [0.15, 0.2) is 24.7 Å². The molecule has 10 heteroatoms. The number of nitrogen functional groups attached to an aromatic ring is 1. The fourth-order valence-electron chi connectivity index (χ4n) is 5.11. The predicted octanol–water partition coefficient (Wildman–Crippen LogP) is 2.95. The molecule has 4 N–H and O–H groups in total. The van der Waals surface area contributed by atoms with E-state index in [4.69, 9.17) is 5.73 Å². The highest BCUT2D eigenvalue weighted by molar-refractivity contribution is 5.86. The molecule has 0 saturated heterocycles. The number of carboxylic acid groups (broad SMARTS) is 1. The van der Waals surface area contributed by atoms with Gasteiger partial charge in [0.15, 0.2) is 23.1 Å². The normalized spacial score (nSPS) is 25.5. The zero-order valence-corrected chi connectivity index (χ0v) is 15.9. The van der Waals surface area contributed by atoms with Crippen LogP contribution < -0.4 is 11.1 Å². The zero-order chi connectivity index (χ0) is 21.0. The molecule has 0 amide bonds. The van der Waals surface area contributed by atoms with Gasteiger partial charge in [0.1, 0.15) is 5.82 Å². The number of hydrogen-bond donors (Lipinski definition) is 3. The number of fused-ring (bicyclic) bond motifs is 4. The van der Waals surface area contributed by atoms with E-state index in [1.165, 1.54) is 16.8 Å². The van der Waals surface area contributed by atoms with E-state index in [-0.39, 0.29) is 29.1 Å². The quantitative estimate of drug-likeness (QED) is 0.601. The zero-order valence-electron chi connectivity index (χ0n) is 15.9. The van der Waals surface area contributed by atoms with E-state index in [1.807, 2.05) is 0 Å². The van der Waals surface area contributed by atoms with Gasteiger partial charge in [-0.2, -0.15) is 4.52 Å². The van der Waals surface area contributed by atoms with Crippen molar-refractivity contribution in [3.8, 4) is 11.1 Å². The van der Waals surface area contributed by atoms with E-state index < -0.39 is 29.6 Å². The molecule has 156 valence electrons. The molecule has 3 heterocycles. The minimum Gasteiger partial charge on any atom is -0.481 e. The van der Waals surface area contributed by atoms with Gasteiger partial charge in [-0.15, -0.1) is 5.10 Å². The summed E-state index contributed by atoms with van der Waals surface area (Å²) in [5, 5.41) is 17.1. The van der Waals surface area contributed by atoms with Gasteiger partial charge in [-0.1, -0.05) is 0 Å². The number of aliphatic carboxylic acids is 1. The smallest absolute Gasteiger partial charge is 0.308 e. The summed E-state index contributed by atoms with van der Waals surface area (Å²) in [6, 6.07) is 0.832. The van der Waals surface area contributed by atoms with Crippen molar-refractivity contribution < 1.29 is 18.7 Å². The molecule has 0 spiro atoms. The molecule has 0 aromatic carbocycles. The minimum atomic E-state index is -0.876. The number of nitrogens with one attached hydrogen (secondary N) is 1. The Morgan fingerprint density at radius 2 is 1.90 bits per heavy atom. The van der Waals surface area contributed by atoms with Gasteiger partial charge in [-0.25, -0.2) is 13.8 Å².